The molecule has 19 heavy (non-hydrogen) atoms. The van der Waals surface area contributed by atoms with E-state index in [9.17, 15) is 9.59 Å². The van der Waals surface area contributed by atoms with Crippen molar-refractivity contribution in [1.29, 1.82) is 0 Å². The second kappa shape index (κ2) is 5.52. The number of carboxylic acids is 1. The largest absolute Gasteiger partial charge is 0.481 e. The van der Waals surface area contributed by atoms with Crippen molar-refractivity contribution in [3.63, 3.8) is 0 Å². The van der Waals surface area contributed by atoms with Crippen LogP contribution in [0.1, 0.15) is 13.3 Å². The summed E-state index contributed by atoms with van der Waals surface area (Å²) in [6.07, 6.45) is -0.170. The lowest BCUT2D eigenvalue weighted by Gasteiger charge is -2.12. The first-order valence-corrected chi connectivity index (χ1v) is 6.08. The van der Waals surface area contributed by atoms with Gasteiger partial charge in [-0.15, -0.1) is 0 Å². The summed E-state index contributed by atoms with van der Waals surface area (Å²) >= 11 is 0. The van der Waals surface area contributed by atoms with E-state index < -0.39 is 11.9 Å². The number of carbonyl (C=O) groups excluding carboxylic acids is 1. The zero-order chi connectivity index (χ0) is 13.8. The van der Waals surface area contributed by atoms with Crippen LogP contribution in [0.3, 0.4) is 0 Å². The average molecular weight is 257 g/mol. The standard InChI is InChI=1S/C15H15NO3/c1-10(9-14(17)18)15(19)16-13-8-4-6-11-5-2-3-7-12(11)13/h2-8,10H,9H2,1H3,(H,16,19)(H,17,18). The maximum Gasteiger partial charge on any atom is 0.304 e. The summed E-state index contributed by atoms with van der Waals surface area (Å²) in [6, 6.07) is 13.4. The van der Waals surface area contributed by atoms with Crippen molar-refractivity contribution < 1.29 is 14.7 Å². The SMILES string of the molecule is CC(CC(=O)O)C(=O)Nc1cccc2ccccc12. The first-order chi connectivity index (χ1) is 9.08. The van der Waals surface area contributed by atoms with E-state index in [4.69, 9.17) is 5.11 Å². The molecule has 1 amide bonds. The van der Waals surface area contributed by atoms with Crippen LogP contribution in [0, 0.1) is 5.92 Å². The number of carbonyl (C=O) groups is 2. The summed E-state index contributed by atoms with van der Waals surface area (Å²) in [7, 11) is 0. The van der Waals surface area contributed by atoms with Gasteiger partial charge >= 0.3 is 5.97 Å². The van der Waals surface area contributed by atoms with Gasteiger partial charge in [0.2, 0.25) is 5.91 Å². The van der Waals surface area contributed by atoms with Gasteiger partial charge < -0.3 is 10.4 Å². The van der Waals surface area contributed by atoms with Crippen LogP contribution in [-0.4, -0.2) is 17.0 Å². The van der Waals surface area contributed by atoms with E-state index in [1.54, 1.807) is 6.92 Å². The molecule has 2 aromatic carbocycles. The summed E-state index contributed by atoms with van der Waals surface area (Å²) in [5.41, 5.74) is 0.709. The topological polar surface area (TPSA) is 66.4 Å². The van der Waals surface area contributed by atoms with Crippen molar-refractivity contribution >= 4 is 28.3 Å². The van der Waals surface area contributed by atoms with E-state index in [0.717, 1.165) is 10.8 Å². The monoisotopic (exact) mass is 257 g/mol. The summed E-state index contributed by atoms with van der Waals surface area (Å²) in [5, 5.41) is 13.5. The van der Waals surface area contributed by atoms with Crippen LogP contribution in [0.2, 0.25) is 0 Å². The average Bonchev–Trinajstić information content (AvgIpc) is 2.38. The Morgan fingerprint density at radius 2 is 1.84 bits per heavy atom. The van der Waals surface area contributed by atoms with Crippen LogP contribution >= 0.6 is 0 Å². The first kappa shape index (κ1) is 13.1. The molecule has 0 aromatic heterocycles. The molecule has 98 valence electrons. The molecule has 2 N–H and O–H groups in total. The summed E-state index contributed by atoms with van der Waals surface area (Å²) < 4.78 is 0. The molecule has 2 aromatic rings. The molecule has 1 atom stereocenters. The van der Waals surface area contributed by atoms with Gasteiger partial charge in [0.1, 0.15) is 0 Å². The number of amides is 1. The van der Waals surface area contributed by atoms with Gasteiger partial charge in [-0.1, -0.05) is 43.3 Å². The number of hydrogen-bond acceptors (Lipinski definition) is 2. The van der Waals surface area contributed by atoms with Gasteiger partial charge in [-0.25, -0.2) is 0 Å². The summed E-state index contributed by atoms with van der Waals surface area (Å²) in [4.78, 5) is 22.5. The molecule has 0 fully saturated rings. The third kappa shape index (κ3) is 3.10. The Morgan fingerprint density at radius 3 is 2.58 bits per heavy atom. The Morgan fingerprint density at radius 1 is 1.16 bits per heavy atom. The fourth-order valence-corrected chi connectivity index (χ4v) is 1.94. The van der Waals surface area contributed by atoms with Gasteiger partial charge in [0, 0.05) is 17.0 Å². The highest BCUT2D eigenvalue weighted by Gasteiger charge is 2.17. The minimum Gasteiger partial charge on any atom is -0.481 e. The van der Waals surface area contributed by atoms with Crippen molar-refractivity contribution in [2.45, 2.75) is 13.3 Å². The minimum atomic E-state index is -0.972. The summed E-state index contributed by atoms with van der Waals surface area (Å²) in [5.74, 6) is -1.81. The van der Waals surface area contributed by atoms with E-state index >= 15 is 0 Å². The number of anilines is 1. The Labute approximate surface area is 111 Å². The van der Waals surface area contributed by atoms with Crippen LogP contribution in [0.4, 0.5) is 5.69 Å². The van der Waals surface area contributed by atoms with Gasteiger partial charge in [0.05, 0.1) is 6.42 Å². The van der Waals surface area contributed by atoms with Crippen molar-refractivity contribution in [2.24, 2.45) is 5.92 Å². The van der Waals surface area contributed by atoms with Crippen LogP contribution < -0.4 is 5.32 Å². The molecule has 0 radical (unpaired) electrons. The van der Waals surface area contributed by atoms with Crippen LogP contribution in [-0.2, 0) is 9.59 Å². The minimum absolute atomic E-state index is 0.170. The van der Waals surface area contributed by atoms with Crippen molar-refractivity contribution in [2.75, 3.05) is 5.32 Å². The highest BCUT2D eigenvalue weighted by molar-refractivity contribution is 6.03. The molecule has 0 aliphatic carbocycles. The zero-order valence-corrected chi connectivity index (χ0v) is 10.6. The maximum atomic E-state index is 11.9. The summed E-state index contributed by atoms with van der Waals surface area (Å²) in [6.45, 7) is 1.61. The van der Waals surface area contributed by atoms with Gasteiger partial charge in [-0.05, 0) is 11.5 Å². The van der Waals surface area contributed by atoms with E-state index in [-0.39, 0.29) is 12.3 Å². The number of rotatable bonds is 4. The number of aliphatic carboxylic acids is 1. The first-order valence-electron chi connectivity index (χ1n) is 6.08. The molecule has 0 saturated heterocycles. The Balaban J connectivity index is 2.22. The number of nitrogens with one attached hydrogen (secondary N) is 1. The molecule has 0 bridgehead atoms. The van der Waals surface area contributed by atoms with E-state index in [1.165, 1.54) is 0 Å². The molecular formula is C15H15NO3. The van der Waals surface area contributed by atoms with E-state index in [0.29, 0.717) is 5.69 Å². The molecule has 1 unspecified atom stereocenters. The van der Waals surface area contributed by atoms with E-state index in [2.05, 4.69) is 5.32 Å². The Hall–Kier alpha value is -2.36. The molecule has 0 aliphatic heterocycles. The lowest BCUT2D eigenvalue weighted by Crippen LogP contribution is -2.22. The molecule has 2 rings (SSSR count). The normalized spacial score (nSPS) is 12.1. The third-order valence-corrected chi connectivity index (χ3v) is 2.98. The van der Waals surface area contributed by atoms with Gasteiger partial charge in [0.25, 0.3) is 0 Å². The van der Waals surface area contributed by atoms with Crippen LogP contribution in [0.5, 0.6) is 0 Å². The molecule has 0 spiro atoms. The highest BCUT2D eigenvalue weighted by atomic mass is 16.4. The predicted molar refractivity (Wildman–Crippen MR) is 74.0 cm³/mol. The lowest BCUT2D eigenvalue weighted by molar-refractivity contribution is -0.139. The fraction of sp³-hybridized carbons (Fsp3) is 0.200. The van der Waals surface area contributed by atoms with Crippen molar-refractivity contribution in [1.82, 2.24) is 0 Å². The Bertz CT molecular complexity index is 616. The number of hydrogen-bond donors (Lipinski definition) is 2. The fourth-order valence-electron chi connectivity index (χ4n) is 1.94. The second-order valence-corrected chi connectivity index (χ2v) is 4.51. The molecule has 4 heteroatoms. The van der Waals surface area contributed by atoms with Crippen LogP contribution in [0.15, 0.2) is 42.5 Å². The quantitative estimate of drug-likeness (QED) is 0.885. The van der Waals surface area contributed by atoms with Gasteiger partial charge in [0.15, 0.2) is 0 Å². The maximum absolute atomic E-state index is 11.9. The third-order valence-electron chi connectivity index (χ3n) is 2.98. The zero-order valence-electron chi connectivity index (χ0n) is 10.6. The van der Waals surface area contributed by atoms with Crippen LogP contribution in [0.25, 0.3) is 10.8 Å². The van der Waals surface area contributed by atoms with Gasteiger partial charge in [-0.2, -0.15) is 0 Å². The number of benzene rings is 2. The molecule has 4 nitrogen and oxygen atoms in total. The highest BCUT2D eigenvalue weighted by Crippen LogP contribution is 2.23. The Kier molecular flexibility index (Phi) is 3.80. The van der Waals surface area contributed by atoms with Gasteiger partial charge in [-0.3, -0.25) is 9.59 Å². The molecule has 0 aliphatic rings. The molecular weight excluding hydrogens is 242 g/mol. The van der Waals surface area contributed by atoms with Crippen molar-refractivity contribution in [3.8, 4) is 0 Å². The molecule has 0 heterocycles. The smallest absolute Gasteiger partial charge is 0.304 e. The number of carboxylic acid groups (broad SMARTS) is 1. The second-order valence-electron chi connectivity index (χ2n) is 4.51. The lowest BCUT2D eigenvalue weighted by atomic mass is 10.1. The predicted octanol–water partition coefficient (Wildman–Crippen LogP) is 2.89. The van der Waals surface area contributed by atoms with Crippen molar-refractivity contribution in [3.05, 3.63) is 42.5 Å². The number of fused-ring (bicyclic) bond motifs is 1. The van der Waals surface area contributed by atoms with E-state index in [1.807, 2.05) is 42.5 Å². The molecule has 0 saturated carbocycles.